The van der Waals surface area contributed by atoms with Gasteiger partial charge in [0.1, 0.15) is 5.60 Å². The molecule has 1 rings (SSSR count). The molecule has 100 valence electrons. The van der Waals surface area contributed by atoms with Crippen molar-refractivity contribution in [2.45, 2.75) is 32.8 Å². The normalized spacial score (nSPS) is 17.8. The Balaban J connectivity index is 2.01. The van der Waals surface area contributed by atoms with Gasteiger partial charge in [-0.3, -0.25) is 4.90 Å². The molecule has 0 saturated carbocycles. The fraction of sp³-hybridized carbons (Fsp3) is 0.917. The molecule has 0 atom stereocenters. The number of rotatable bonds is 4. The molecule has 5 heteroatoms. The van der Waals surface area contributed by atoms with Crippen LogP contribution in [0.3, 0.4) is 0 Å². The quantitative estimate of drug-likeness (QED) is 0.557. The van der Waals surface area contributed by atoms with Crippen molar-refractivity contribution in [1.29, 1.82) is 0 Å². The SMILES string of the molecule is CC(C)(C)OC(=O)OCCCN1CCOCC1. The minimum Gasteiger partial charge on any atom is -0.434 e. The fourth-order valence-corrected chi connectivity index (χ4v) is 1.55. The first-order valence-electron chi connectivity index (χ1n) is 6.13. The van der Waals surface area contributed by atoms with E-state index in [4.69, 9.17) is 14.2 Å². The van der Waals surface area contributed by atoms with Crippen LogP contribution in [0.1, 0.15) is 27.2 Å². The van der Waals surface area contributed by atoms with E-state index < -0.39 is 11.8 Å². The van der Waals surface area contributed by atoms with Gasteiger partial charge in [0, 0.05) is 19.6 Å². The number of ether oxygens (including phenoxy) is 3. The van der Waals surface area contributed by atoms with Crippen LogP contribution in [0.25, 0.3) is 0 Å². The molecule has 5 nitrogen and oxygen atoms in total. The van der Waals surface area contributed by atoms with Crippen LogP contribution in [0, 0.1) is 0 Å². The van der Waals surface area contributed by atoms with Crippen molar-refractivity contribution in [3.63, 3.8) is 0 Å². The van der Waals surface area contributed by atoms with Crippen LogP contribution >= 0.6 is 0 Å². The van der Waals surface area contributed by atoms with Crippen LogP contribution in [0.4, 0.5) is 4.79 Å². The minimum atomic E-state index is -0.584. The molecular formula is C12H23NO4. The Morgan fingerprint density at radius 3 is 2.53 bits per heavy atom. The molecule has 1 aliphatic rings. The van der Waals surface area contributed by atoms with Crippen molar-refractivity contribution in [3.05, 3.63) is 0 Å². The van der Waals surface area contributed by atoms with E-state index in [2.05, 4.69) is 4.90 Å². The second-order valence-corrected chi connectivity index (χ2v) is 5.12. The van der Waals surface area contributed by atoms with Gasteiger partial charge in [-0.15, -0.1) is 0 Å². The number of carbonyl (C=O) groups excluding carboxylic acids is 1. The zero-order chi connectivity index (χ0) is 12.7. The monoisotopic (exact) mass is 245 g/mol. The van der Waals surface area contributed by atoms with Gasteiger partial charge in [0.05, 0.1) is 19.8 Å². The lowest BCUT2D eigenvalue weighted by molar-refractivity contribution is -0.0104. The summed E-state index contributed by atoms with van der Waals surface area (Å²) in [7, 11) is 0. The van der Waals surface area contributed by atoms with Gasteiger partial charge in [-0.05, 0) is 27.2 Å². The van der Waals surface area contributed by atoms with E-state index in [9.17, 15) is 4.79 Å². The van der Waals surface area contributed by atoms with Gasteiger partial charge in [-0.2, -0.15) is 0 Å². The van der Waals surface area contributed by atoms with E-state index in [1.165, 1.54) is 0 Å². The highest BCUT2D eigenvalue weighted by atomic mass is 16.7. The molecule has 1 aliphatic heterocycles. The van der Waals surface area contributed by atoms with Crippen molar-refractivity contribution < 1.29 is 19.0 Å². The zero-order valence-electron chi connectivity index (χ0n) is 11.0. The first-order valence-corrected chi connectivity index (χ1v) is 6.13. The average molecular weight is 245 g/mol. The molecule has 1 saturated heterocycles. The van der Waals surface area contributed by atoms with Crippen molar-refractivity contribution in [3.8, 4) is 0 Å². The molecule has 0 aromatic heterocycles. The first kappa shape index (κ1) is 14.3. The van der Waals surface area contributed by atoms with Crippen LogP contribution in [-0.4, -0.2) is 56.1 Å². The number of carbonyl (C=O) groups is 1. The number of hydrogen-bond donors (Lipinski definition) is 0. The van der Waals surface area contributed by atoms with Crippen molar-refractivity contribution in [2.24, 2.45) is 0 Å². The van der Waals surface area contributed by atoms with E-state index in [1.54, 1.807) is 0 Å². The highest BCUT2D eigenvalue weighted by molar-refractivity contribution is 5.60. The second-order valence-electron chi connectivity index (χ2n) is 5.12. The highest BCUT2D eigenvalue weighted by Crippen LogP contribution is 2.08. The van der Waals surface area contributed by atoms with Crippen LogP contribution in [0.5, 0.6) is 0 Å². The summed E-state index contributed by atoms with van der Waals surface area (Å²) < 4.78 is 15.3. The number of nitrogens with zero attached hydrogens (tertiary/aromatic N) is 1. The van der Waals surface area contributed by atoms with E-state index >= 15 is 0 Å². The molecule has 1 heterocycles. The molecule has 0 N–H and O–H groups in total. The average Bonchev–Trinajstić information content (AvgIpc) is 2.23. The predicted octanol–water partition coefficient (Wildman–Crippen LogP) is 1.66. The molecule has 0 radical (unpaired) electrons. The van der Waals surface area contributed by atoms with E-state index in [0.717, 1.165) is 39.3 Å². The van der Waals surface area contributed by atoms with E-state index in [1.807, 2.05) is 20.8 Å². The standard InChI is InChI=1S/C12H23NO4/c1-12(2,3)17-11(14)16-8-4-5-13-6-9-15-10-7-13/h4-10H2,1-3H3. The molecular weight excluding hydrogens is 222 g/mol. The lowest BCUT2D eigenvalue weighted by Crippen LogP contribution is -2.37. The molecule has 0 aromatic rings. The second kappa shape index (κ2) is 6.81. The summed E-state index contributed by atoms with van der Waals surface area (Å²) in [6.07, 6.45) is 0.249. The maximum atomic E-state index is 11.2. The molecule has 1 fully saturated rings. The zero-order valence-corrected chi connectivity index (χ0v) is 11.0. The number of morpholine rings is 1. The minimum absolute atomic E-state index is 0.409. The molecule has 0 spiro atoms. The molecule has 17 heavy (non-hydrogen) atoms. The smallest absolute Gasteiger partial charge is 0.434 e. The van der Waals surface area contributed by atoms with E-state index in [0.29, 0.717) is 6.61 Å². The van der Waals surface area contributed by atoms with E-state index in [-0.39, 0.29) is 0 Å². The topological polar surface area (TPSA) is 48.0 Å². The van der Waals surface area contributed by atoms with Crippen LogP contribution in [0.2, 0.25) is 0 Å². The van der Waals surface area contributed by atoms with Gasteiger partial charge < -0.3 is 14.2 Å². The lowest BCUT2D eigenvalue weighted by Gasteiger charge is -2.26. The summed E-state index contributed by atoms with van der Waals surface area (Å²) in [6, 6.07) is 0. The maximum Gasteiger partial charge on any atom is 0.508 e. The molecule has 0 amide bonds. The van der Waals surface area contributed by atoms with Gasteiger partial charge in [0.15, 0.2) is 0 Å². The molecule has 0 aromatic carbocycles. The largest absolute Gasteiger partial charge is 0.508 e. The summed E-state index contributed by atoms with van der Waals surface area (Å²) in [5.41, 5.74) is -0.485. The summed E-state index contributed by atoms with van der Waals surface area (Å²) in [6.45, 7) is 10.3. The van der Waals surface area contributed by atoms with Gasteiger partial charge in [0.25, 0.3) is 0 Å². The van der Waals surface area contributed by atoms with Crippen LogP contribution in [0.15, 0.2) is 0 Å². The van der Waals surface area contributed by atoms with Gasteiger partial charge >= 0.3 is 6.16 Å². The Hall–Kier alpha value is -0.810. The number of hydrogen-bond acceptors (Lipinski definition) is 5. The first-order chi connectivity index (χ1) is 7.97. The molecule has 0 bridgehead atoms. The van der Waals surface area contributed by atoms with Gasteiger partial charge in [-0.25, -0.2) is 4.79 Å². The van der Waals surface area contributed by atoms with Gasteiger partial charge in [-0.1, -0.05) is 0 Å². The van der Waals surface area contributed by atoms with Crippen LogP contribution < -0.4 is 0 Å². The summed E-state index contributed by atoms with van der Waals surface area (Å²) in [4.78, 5) is 13.5. The van der Waals surface area contributed by atoms with Gasteiger partial charge in [0.2, 0.25) is 0 Å². The predicted molar refractivity (Wildman–Crippen MR) is 64.1 cm³/mol. The third-order valence-electron chi connectivity index (χ3n) is 2.33. The van der Waals surface area contributed by atoms with Crippen molar-refractivity contribution >= 4 is 6.16 Å². The maximum absolute atomic E-state index is 11.2. The Bertz CT molecular complexity index is 231. The van der Waals surface area contributed by atoms with Crippen molar-refractivity contribution in [2.75, 3.05) is 39.5 Å². The molecule has 0 aliphatic carbocycles. The third kappa shape index (κ3) is 7.18. The summed E-state index contributed by atoms with van der Waals surface area (Å²) in [5, 5.41) is 0. The Morgan fingerprint density at radius 2 is 1.94 bits per heavy atom. The lowest BCUT2D eigenvalue weighted by atomic mass is 10.2. The Morgan fingerprint density at radius 1 is 1.29 bits per heavy atom. The third-order valence-corrected chi connectivity index (χ3v) is 2.33. The summed E-state index contributed by atoms with van der Waals surface area (Å²) in [5.74, 6) is 0. The summed E-state index contributed by atoms with van der Waals surface area (Å²) >= 11 is 0. The fourth-order valence-electron chi connectivity index (χ4n) is 1.55. The van der Waals surface area contributed by atoms with Crippen LogP contribution in [-0.2, 0) is 14.2 Å². The Kier molecular flexibility index (Phi) is 5.71. The highest BCUT2D eigenvalue weighted by Gasteiger charge is 2.17. The Labute approximate surface area is 103 Å². The molecule has 0 unspecified atom stereocenters. The van der Waals surface area contributed by atoms with Crippen molar-refractivity contribution in [1.82, 2.24) is 4.90 Å².